The molecule has 0 aromatic heterocycles. The van der Waals surface area contributed by atoms with Crippen LogP contribution in [0.15, 0.2) is 12.1 Å². The smallest absolute Gasteiger partial charge is 0.301 e. The van der Waals surface area contributed by atoms with E-state index in [1.165, 1.54) is 33.3 Å². The van der Waals surface area contributed by atoms with Gasteiger partial charge >= 0.3 is 10.2 Å². The van der Waals surface area contributed by atoms with Crippen LogP contribution in [-0.2, 0) is 10.2 Å². The molecule has 0 radical (unpaired) electrons. The number of likely N-dealkylation sites (N-methyl/N-ethyl adjacent to an activating group) is 1. The molecule has 0 spiro atoms. The van der Waals surface area contributed by atoms with Crippen molar-refractivity contribution in [3.8, 4) is 5.75 Å². The van der Waals surface area contributed by atoms with Gasteiger partial charge in [0, 0.05) is 33.3 Å². The van der Waals surface area contributed by atoms with Crippen LogP contribution in [-0.4, -0.2) is 70.9 Å². The van der Waals surface area contributed by atoms with E-state index in [2.05, 4.69) is 28.8 Å². The predicted molar refractivity (Wildman–Crippen MR) is 104 cm³/mol. The van der Waals surface area contributed by atoms with Crippen LogP contribution in [0.2, 0.25) is 5.02 Å². The lowest BCUT2D eigenvalue weighted by Crippen LogP contribution is -2.35. The quantitative estimate of drug-likeness (QED) is 0.616. The maximum Gasteiger partial charge on any atom is 0.301 e. The van der Waals surface area contributed by atoms with Gasteiger partial charge in [-0.1, -0.05) is 25.4 Å². The maximum atomic E-state index is 12.5. The first kappa shape index (κ1) is 22.5. The van der Waals surface area contributed by atoms with Crippen molar-refractivity contribution in [3.63, 3.8) is 0 Å². The minimum atomic E-state index is -3.75. The summed E-state index contributed by atoms with van der Waals surface area (Å²) in [5.74, 6) is -0.0980. The predicted octanol–water partition coefficient (Wildman–Crippen LogP) is 1.64. The number of nitrogens with one attached hydrogen (secondary N) is 2. The summed E-state index contributed by atoms with van der Waals surface area (Å²) in [7, 11) is 0.447. The second kappa shape index (κ2) is 9.96. The van der Waals surface area contributed by atoms with Gasteiger partial charge in [-0.25, -0.2) is 0 Å². The van der Waals surface area contributed by atoms with E-state index >= 15 is 0 Å². The molecule has 26 heavy (non-hydrogen) atoms. The summed E-state index contributed by atoms with van der Waals surface area (Å²) in [5.41, 5.74) is 0.308. The molecule has 1 aromatic carbocycles. The fourth-order valence-corrected chi connectivity index (χ4v) is 3.06. The fraction of sp³-hybridized carbons (Fsp3) is 0.562. The van der Waals surface area contributed by atoms with Crippen molar-refractivity contribution in [1.29, 1.82) is 0 Å². The molecule has 0 aliphatic carbocycles. The lowest BCUT2D eigenvalue weighted by Gasteiger charge is -2.19. The van der Waals surface area contributed by atoms with Gasteiger partial charge in [0.05, 0.1) is 23.4 Å². The highest BCUT2D eigenvalue weighted by molar-refractivity contribution is 7.90. The van der Waals surface area contributed by atoms with Gasteiger partial charge in [-0.05, 0) is 19.2 Å². The van der Waals surface area contributed by atoms with Gasteiger partial charge in [0.15, 0.2) is 0 Å². The molecule has 0 fully saturated rings. The number of amides is 1. The van der Waals surface area contributed by atoms with Crippen LogP contribution in [0.5, 0.6) is 5.75 Å². The van der Waals surface area contributed by atoms with E-state index < -0.39 is 10.2 Å². The number of hydrogen-bond donors (Lipinski definition) is 2. The zero-order valence-corrected chi connectivity index (χ0v) is 17.4. The van der Waals surface area contributed by atoms with Crippen LogP contribution >= 0.6 is 11.6 Å². The highest BCUT2D eigenvalue weighted by Gasteiger charge is 2.20. The molecule has 8 nitrogen and oxygen atoms in total. The Morgan fingerprint density at radius 3 is 2.35 bits per heavy atom. The number of methoxy groups -OCH3 is 1. The van der Waals surface area contributed by atoms with Crippen LogP contribution < -0.4 is 14.8 Å². The first-order valence-corrected chi connectivity index (χ1v) is 10.1. The normalized spacial score (nSPS) is 11.7. The summed E-state index contributed by atoms with van der Waals surface area (Å²) < 4.78 is 32.6. The molecule has 10 heteroatoms. The first-order valence-electron chi connectivity index (χ1n) is 8.24. The lowest BCUT2D eigenvalue weighted by atomic mass is 10.1. The van der Waals surface area contributed by atoms with Crippen LogP contribution in [0.1, 0.15) is 24.2 Å². The number of carbonyl (C=O) groups is 1. The second-order valence-corrected chi connectivity index (χ2v) is 8.00. The highest BCUT2D eigenvalue weighted by Crippen LogP contribution is 2.31. The first-order chi connectivity index (χ1) is 12.2. The van der Waals surface area contributed by atoms with Crippen LogP contribution in [0.4, 0.5) is 5.69 Å². The minimum absolute atomic E-state index is 0.107. The second-order valence-electron chi connectivity index (χ2n) is 5.70. The lowest BCUT2D eigenvalue weighted by molar-refractivity contribution is 0.0946. The molecule has 2 N–H and O–H groups in total. The number of carbonyl (C=O) groups excluding carboxylic acids is 1. The molecular weight excluding hydrogens is 380 g/mol. The molecule has 0 saturated heterocycles. The molecule has 0 heterocycles. The van der Waals surface area contributed by atoms with E-state index in [-0.39, 0.29) is 27.9 Å². The molecule has 0 unspecified atom stereocenters. The van der Waals surface area contributed by atoms with E-state index in [1.54, 1.807) is 0 Å². The minimum Gasteiger partial charge on any atom is -0.496 e. The average Bonchev–Trinajstić information content (AvgIpc) is 2.59. The van der Waals surface area contributed by atoms with E-state index in [4.69, 9.17) is 16.3 Å². The summed E-state index contributed by atoms with van der Waals surface area (Å²) in [5, 5.41) is 2.95. The van der Waals surface area contributed by atoms with Crippen molar-refractivity contribution in [1.82, 2.24) is 14.5 Å². The van der Waals surface area contributed by atoms with E-state index in [1.807, 2.05) is 0 Å². The van der Waals surface area contributed by atoms with Gasteiger partial charge in [-0.2, -0.15) is 12.7 Å². The molecule has 1 amide bonds. The molecule has 0 aliphatic heterocycles. The standard InChI is InChI=1S/C16H27ClN4O4S/c1-6-21(7-2)9-8-18-16(22)12-10-14(13(17)11-15(12)25-5)19-26(23,24)20(3)4/h10-11,19H,6-9H2,1-5H3,(H,18,22). The van der Waals surface area contributed by atoms with Gasteiger partial charge in [0.2, 0.25) is 0 Å². The number of benzene rings is 1. The Labute approximate surface area is 160 Å². The number of rotatable bonds is 10. The van der Waals surface area contributed by atoms with Crippen molar-refractivity contribution in [2.45, 2.75) is 13.8 Å². The highest BCUT2D eigenvalue weighted by atomic mass is 35.5. The van der Waals surface area contributed by atoms with Crippen molar-refractivity contribution in [2.75, 3.05) is 52.1 Å². The van der Waals surface area contributed by atoms with Crippen molar-refractivity contribution in [3.05, 3.63) is 22.7 Å². The Bertz CT molecular complexity index is 721. The summed E-state index contributed by atoms with van der Waals surface area (Å²) >= 11 is 6.12. The molecule has 0 saturated carbocycles. The Morgan fingerprint density at radius 2 is 1.85 bits per heavy atom. The van der Waals surface area contributed by atoms with Crippen LogP contribution in [0, 0.1) is 0 Å². The number of hydrogen-bond acceptors (Lipinski definition) is 5. The molecule has 1 rings (SSSR count). The largest absolute Gasteiger partial charge is 0.496 e. The summed E-state index contributed by atoms with van der Waals surface area (Å²) in [6.45, 7) is 7.08. The molecular formula is C16H27ClN4O4S. The third kappa shape index (κ3) is 6.01. The zero-order chi connectivity index (χ0) is 19.9. The summed E-state index contributed by atoms with van der Waals surface area (Å²) in [6.07, 6.45) is 0. The number of anilines is 1. The van der Waals surface area contributed by atoms with Crippen LogP contribution in [0.3, 0.4) is 0 Å². The van der Waals surface area contributed by atoms with Gasteiger partial charge in [-0.15, -0.1) is 0 Å². The molecule has 1 aromatic rings. The molecule has 0 bridgehead atoms. The number of halogens is 1. The Morgan fingerprint density at radius 1 is 1.23 bits per heavy atom. The monoisotopic (exact) mass is 406 g/mol. The topological polar surface area (TPSA) is 91.0 Å². The number of nitrogens with zero attached hydrogens (tertiary/aromatic N) is 2. The van der Waals surface area contributed by atoms with Gasteiger partial charge in [-0.3, -0.25) is 9.52 Å². The van der Waals surface area contributed by atoms with Crippen molar-refractivity contribution >= 4 is 33.4 Å². The van der Waals surface area contributed by atoms with Gasteiger partial charge in [0.25, 0.3) is 5.91 Å². The Balaban J connectivity index is 3.02. The van der Waals surface area contributed by atoms with Crippen molar-refractivity contribution < 1.29 is 17.9 Å². The summed E-state index contributed by atoms with van der Waals surface area (Å²) in [4.78, 5) is 14.7. The van der Waals surface area contributed by atoms with Crippen molar-refractivity contribution in [2.24, 2.45) is 0 Å². The molecule has 0 aliphatic rings. The Hall–Kier alpha value is -1.55. The maximum absolute atomic E-state index is 12.5. The van der Waals surface area contributed by atoms with Gasteiger partial charge < -0.3 is 15.0 Å². The van der Waals surface area contributed by atoms with E-state index in [0.717, 1.165) is 23.9 Å². The zero-order valence-electron chi connectivity index (χ0n) is 15.8. The van der Waals surface area contributed by atoms with Crippen LogP contribution in [0.25, 0.3) is 0 Å². The average molecular weight is 407 g/mol. The summed E-state index contributed by atoms with van der Waals surface area (Å²) in [6, 6.07) is 2.78. The third-order valence-electron chi connectivity index (χ3n) is 3.86. The third-order valence-corrected chi connectivity index (χ3v) is 5.61. The SMILES string of the molecule is CCN(CC)CCNC(=O)c1cc(NS(=O)(=O)N(C)C)c(Cl)cc1OC. The number of ether oxygens (including phenoxy) is 1. The van der Waals surface area contributed by atoms with Gasteiger partial charge in [0.1, 0.15) is 5.75 Å². The molecule has 0 atom stereocenters. The fourth-order valence-electron chi connectivity index (χ4n) is 2.17. The van der Waals surface area contributed by atoms with E-state index in [9.17, 15) is 13.2 Å². The van der Waals surface area contributed by atoms with E-state index in [0.29, 0.717) is 6.54 Å². The Kier molecular flexibility index (Phi) is 8.61. The molecule has 148 valence electrons.